The molecule has 0 saturated carbocycles. The predicted octanol–water partition coefficient (Wildman–Crippen LogP) is 27.9. The molecule has 0 amide bonds. The van der Waals surface area contributed by atoms with Crippen LogP contribution in [-0.2, 0) is 28.4 Å². The van der Waals surface area contributed by atoms with Crippen molar-refractivity contribution in [2.75, 3.05) is 39.6 Å². The standard InChI is InChI=1S/C72H54F54O12/c73-49(74,55(85,86)61(97,98)67(109,110)111)13-1-7-19-133-43(127)37-25-31-32(26-38(37)44(128)134-20-8-2-14-50(75,76)56(87,88)62(99,100)68(112,113)114)34-28-40(46(130)136-22-10-4-16-52(79,80)58(91,92)64(103,104)70(118,119)120)42(48(132)138-24-12-6-18-54(83,84)60(95,96)66(107,108)72(124,125)126)30-36(34)35-29-41(47(131)137-23-11-5-17-53(81,82)59(93,94)65(105,106)71(121,122)123)39(27-33(31)35)45(129)135-21-9-3-15-51(77,78)57(89,90)63(101,102)69(115,116)117/h25-30H,1-24H2. The Labute approximate surface area is 730 Å². The molecule has 0 spiro atoms. The van der Waals surface area contributed by atoms with Gasteiger partial charge in [0.1, 0.15) is 0 Å². The van der Waals surface area contributed by atoms with Gasteiger partial charge in [-0.25, -0.2) is 28.8 Å². The minimum absolute atomic E-state index is 0.00359. The van der Waals surface area contributed by atoms with E-state index in [4.69, 9.17) is 28.4 Å². The smallest absolute Gasteiger partial charge is 0.460 e. The van der Waals surface area contributed by atoms with Gasteiger partial charge in [-0.1, -0.05) is 0 Å². The largest absolute Gasteiger partial charge is 0.462 e. The zero-order valence-electron chi connectivity index (χ0n) is 66.7. The number of carbonyl (C=O) groups excluding carboxylic acids is 6. The molecule has 0 saturated heterocycles. The van der Waals surface area contributed by atoms with Crippen molar-refractivity contribution in [2.45, 2.75) is 259 Å². The number of rotatable bonds is 48. The van der Waals surface area contributed by atoms with Crippen LogP contribution in [0, 0.1) is 0 Å². The molecule has 0 aliphatic rings. The van der Waals surface area contributed by atoms with Crippen LogP contribution >= 0.6 is 0 Å². The van der Waals surface area contributed by atoms with E-state index in [1.807, 2.05) is 0 Å². The van der Waals surface area contributed by atoms with Gasteiger partial charge in [0.05, 0.1) is 73.0 Å². The van der Waals surface area contributed by atoms with Crippen molar-refractivity contribution in [2.24, 2.45) is 0 Å². The molecule has 0 unspecified atom stereocenters. The molecule has 66 heteroatoms. The van der Waals surface area contributed by atoms with E-state index in [0.29, 0.717) is 0 Å². The van der Waals surface area contributed by atoms with Crippen molar-refractivity contribution in [3.8, 4) is 0 Å². The summed E-state index contributed by atoms with van der Waals surface area (Å²) in [6.07, 6.45) is -81.8. The van der Waals surface area contributed by atoms with Crippen molar-refractivity contribution in [3.63, 3.8) is 0 Å². The maximum atomic E-state index is 14.6. The summed E-state index contributed by atoms with van der Waals surface area (Å²) in [4.78, 5) is 86.0. The fourth-order valence-electron chi connectivity index (χ4n) is 11.7. The van der Waals surface area contributed by atoms with E-state index < -0.39 is 400 Å². The average molecular weight is 2140 g/mol. The van der Waals surface area contributed by atoms with Crippen LogP contribution in [0.3, 0.4) is 0 Å². The number of alkyl halides is 54. The van der Waals surface area contributed by atoms with E-state index in [9.17, 15) is 266 Å². The normalized spacial score (nSPS) is 14.7. The second-order valence-corrected chi connectivity index (χ2v) is 29.5. The van der Waals surface area contributed by atoms with Gasteiger partial charge in [-0.05, 0) is 146 Å². The van der Waals surface area contributed by atoms with Crippen molar-refractivity contribution >= 4 is 68.1 Å². The van der Waals surface area contributed by atoms with Crippen LogP contribution in [-0.4, -0.2) is 219 Å². The first-order chi connectivity index (χ1) is 61.4. The Morgan fingerprint density at radius 2 is 0.246 bits per heavy atom. The highest BCUT2D eigenvalue weighted by Gasteiger charge is 2.87. The number of halogens is 54. The number of unbranched alkanes of at least 4 members (excludes halogenated alkanes) is 6. The lowest BCUT2D eigenvalue weighted by atomic mass is 9.87. The van der Waals surface area contributed by atoms with Gasteiger partial charge in [0.2, 0.25) is 0 Å². The Kier molecular flexibility index (Phi) is 35.6. The second kappa shape index (κ2) is 40.6. The van der Waals surface area contributed by atoms with Gasteiger partial charge in [-0.15, -0.1) is 0 Å². The third kappa shape index (κ3) is 23.7. The van der Waals surface area contributed by atoms with Crippen molar-refractivity contribution < 1.29 is 294 Å². The Hall–Kier alpha value is -9.30. The molecule has 0 radical (unpaired) electrons. The summed E-state index contributed by atoms with van der Waals surface area (Å²) < 4.78 is 771. The van der Waals surface area contributed by atoms with Crippen LogP contribution in [0.2, 0.25) is 0 Å². The summed E-state index contributed by atoms with van der Waals surface area (Å²) in [5.74, 6) is -143. The molecule has 0 aliphatic carbocycles. The Morgan fingerprint density at radius 1 is 0.152 bits per heavy atom. The highest BCUT2D eigenvalue weighted by atomic mass is 19.5. The molecule has 0 heterocycles. The Bertz CT molecular complexity index is 4140. The quantitative estimate of drug-likeness (QED) is 0.0136. The zero-order valence-corrected chi connectivity index (χ0v) is 66.7. The van der Waals surface area contributed by atoms with Gasteiger partial charge in [-0.2, -0.15) is 237 Å². The number of esters is 6. The predicted molar refractivity (Wildman–Crippen MR) is 349 cm³/mol. The molecule has 12 nitrogen and oxygen atoms in total. The van der Waals surface area contributed by atoms with E-state index in [2.05, 4.69) is 0 Å². The third-order valence-electron chi connectivity index (χ3n) is 19.6. The van der Waals surface area contributed by atoms with Crippen molar-refractivity contribution in [1.29, 1.82) is 0 Å². The number of ether oxygens (including phenoxy) is 6. The number of hydrogen-bond donors (Lipinski definition) is 0. The fourth-order valence-corrected chi connectivity index (χ4v) is 11.7. The monoisotopic (exact) mass is 2140 g/mol. The first kappa shape index (κ1) is 121. The van der Waals surface area contributed by atoms with Gasteiger partial charge in [0, 0.05) is 38.5 Å². The molecule has 0 aliphatic heterocycles. The number of carbonyl (C=O) groups is 6. The van der Waals surface area contributed by atoms with E-state index in [1.165, 1.54) is 0 Å². The van der Waals surface area contributed by atoms with E-state index in [0.717, 1.165) is 0 Å². The van der Waals surface area contributed by atoms with Crippen LogP contribution in [0.5, 0.6) is 0 Å². The lowest BCUT2D eigenvalue weighted by molar-refractivity contribution is -0.396. The lowest BCUT2D eigenvalue weighted by Crippen LogP contribution is -2.60. The first-order valence-electron chi connectivity index (χ1n) is 37.2. The van der Waals surface area contributed by atoms with Crippen LogP contribution in [0.25, 0.3) is 32.3 Å². The Balaban J connectivity index is 2.28. The Morgan fingerprint density at radius 3 is 0.333 bits per heavy atom. The average Bonchev–Trinajstić information content (AvgIpc) is 0.725. The summed E-state index contributed by atoms with van der Waals surface area (Å²) in [6, 6.07) is -0.0215. The first-order valence-corrected chi connectivity index (χ1v) is 37.2. The number of benzene rings is 4. The van der Waals surface area contributed by atoms with Gasteiger partial charge in [-0.3, -0.25) is 0 Å². The summed E-state index contributed by atoms with van der Waals surface area (Å²) in [6.45, 7) is -10.5. The second-order valence-electron chi connectivity index (χ2n) is 29.5. The van der Waals surface area contributed by atoms with Gasteiger partial charge in [0.25, 0.3) is 0 Å². The van der Waals surface area contributed by atoms with E-state index in [-0.39, 0.29) is 36.4 Å². The molecule has 792 valence electrons. The molecule has 0 N–H and O–H groups in total. The molecule has 4 rings (SSSR count). The lowest BCUT2D eigenvalue weighted by Gasteiger charge is -2.33. The van der Waals surface area contributed by atoms with Crippen LogP contribution in [0.4, 0.5) is 237 Å². The molecule has 138 heavy (non-hydrogen) atoms. The minimum Gasteiger partial charge on any atom is -0.462 e. The fraction of sp³-hybridized carbons (Fsp3) is 0.667. The van der Waals surface area contributed by atoms with E-state index in [1.54, 1.807) is 0 Å². The summed E-state index contributed by atoms with van der Waals surface area (Å²) >= 11 is 0. The molecule has 4 aromatic carbocycles. The molecule has 4 aromatic rings. The molecular formula is C72H54F54O12. The highest BCUT2D eigenvalue weighted by molar-refractivity contribution is 6.30. The number of fused-ring (bicyclic) bond motifs is 6. The van der Waals surface area contributed by atoms with Crippen LogP contribution in [0.15, 0.2) is 36.4 Å². The summed E-state index contributed by atoms with van der Waals surface area (Å²) in [5, 5.41) is -7.71. The van der Waals surface area contributed by atoms with Gasteiger partial charge in [0.15, 0.2) is 0 Å². The number of hydrogen-bond acceptors (Lipinski definition) is 12. The molecule has 0 bridgehead atoms. The topological polar surface area (TPSA) is 158 Å². The maximum absolute atomic E-state index is 14.6. The van der Waals surface area contributed by atoms with Crippen LogP contribution in [0.1, 0.15) is 178 Å². The molecule has 0 aromatic heterocycles. The molecular weight excluding hydrogens is 2080 g/mol. The van der Waals surface area contributed by atoms with E-state index >= 15 is 0 Å². The SMILES string of the molecule is O=C(OCCCCC(F)(F)C(F)(F)C(F)(F)C(F)(F)F)c1cc2c3cc(C(=O)OCCCCC(F)(F)C(F)(F)C(F)(F)C(F)(F)F)c(C(=O)OCCCCC(F)(F)C(F)(F)C(F)(F)C(F)(F)F)cc3c3cc(C(=O)OCCCCC(F)(F)C(F)(F)C(F)(F)C(F)(F)F)c(C(=O)OCCCCC(F)(F)C(F)(F)C(F)(F)C(F)(F)F)cc3c2cc1C(=O)OCCCCC(F)(F)C(F)(F)C(F)(F)C(F)(F)F. The zero-order chi connectivity index (χ0) is 108. The molecule has 0 fully saturated rings. The van der Waals surface area contributed by atoms with Crippen molar-refractivity contribution in [3.05, 3.63) is 69.8 Å². The van der Waals surface area contributed by atoms with Crippen molar-refractivity contribution in [1.82, 2.24) is 0 Å². The van der Waals surface area contributed by atoms with Gasteiger partial charge < -0.3 is 28.4 Å². The van der Waals surface area contributed by atoms with Gasteiger partial charge >= 0.3 is 179 Å². The summed E-state index contributed by atoms with van der Waals surface area (Å²) in [7, 11) is 0. The third-order valence-corrected chi connectivity index (χ3v) is 19.6. The maximum Gasteiger partial charge on any atom is 0.460 e. The minimum atomic E-state index is -7.59. The molecule has 0 atom stereocenters. The van der Waals surface area contributed by atoms with Crippen LogP contribution < -0.4 is 0 Å². The highest BCUT2D eigenvalue weighted by Crippen LogP contribution is 2.62. The summed E-state index contributed by atoms with van der Waals surface area (Å²) in [5.41, 5.74) is -10.6.